The third-order valence-corrected chi connectivity index (χ3v) is 4.43. The van der Waals surface area contributed by atoms with Gasteiger partial charge in [0.25, 0.3) is 0 Å². The monoisotopic (exact) mass is 312 g/mol. The highest BCUT2D eigenvalue weighted by Crippen LogP contribution is 2.13. The zero-order chi connectivity index (χ0) is 15.5. The summed E-state index contributed by atoms with van der Waals surface area (Å²) in [6.07, 6.45) is 1.64. The summed E-state index contributed by atoms with van der Waals surface area (Å²) in [5, 5.41) is 16.5. The maximum absolute atomic E-state index is 11.9. The number of sulfonamides is 1. The molecule has 114 valence electrons. The fraction of sp³-hybridized carbons (Fsp3) is 0.417. The van der Waals surface area contributed by atoms with Crippen molar-refractivity contribution in [1.29, 1.82) is 0 Å². The molecule has 0 fully saturated rings. The maximum Gasteiger partial charge on any atom is 0.303 e. The van der Waals surface area contributed by atoms with Crippen molar-refractivity contribution < 1.29 is 18.3 Å². The van der Waals surface area contributed by atoms with Crippen molar-refractivity contribution in [2.45, 2.75) is 25.8 Å². The molecule has 2 aromatic rings. The molecule has 0 amide bonds. The summed E-state index contributed by atoms with van der Waals surface area (Å²) in [4.78, 5) is 10.4. The largest absolute Gasteiger partial charge is 0.481 e. The lowest BCUT2D eigenvalue weighted by atomic mass is 10.3. The Balaban J connectivity index is 2.06. The minimum absolute atomic E-state index is 0.0674. The Morgan fingerprint density at radius 3 is 2.90 bits per heavy atom. The molecule has 0 aliphatic heterocycles. The Bertz CT molecular complexity index is 741. The van der Waals surface area contributed by atoms with Gasteiger partial charge in [-0.2, -0.15) is 0 Å². The minimum atomic E-state index is -3.57. The number of aliphatic carboxylic acids is 1. The molecule has 2 heterocycles. The van der Waals surface area contributed by atoms with Crippen molar-refractivity contribution >= 4 is 21.6 Å². The topological polar surface area (TPSA) is 114 Å². The molecule has 0 saturated heterocycles. The molecule has 0 aliphatic carbocycles. The second-order valence-electron chi connectivity index (χ2n) is 4.64. The Labute approximate surface area is 121 Å². The summed E-state index contributed by atoms with van der Waals surface area (Å²) in [7, 11) is -3.57. The molecule has 2 aromatic heterocycles. The van der Waals surface area contributed by atoms with E-state index in [2.05, 4.69) is 14.9 Å². The molecule has 8 nitrogen and oxygen atoms in total. The number of aromatic nitrogens is 3. The van der Waals surface area contributed by atoms with Gasteiger partial charge in [0, 0.05) is 12.6 Å². The summed E-state index contributed by atoms with van der Waals surface area (Å²) >= 11 is 0. The highest BCUT2D eigenvalue weighted by Gasteiger charge is 2.20. The first-order valence-electron chi connectivity index (χ1n) is 6.40. The van der Waals surface area contributed by atoms with Crippen LogP contribution in [-0.4, -0.2) is 39.8 Å². The average molecular weight is 312 g/mol. The second-order valence-corrected chi connectivity index (χ2v) is 6.52. The summed E-state index contributed by atoms with van der Waals surface area (Å²) in [6.45, 7) is 1.66. The molecule has 0 spiro atoms. The van der Waals surface area contributed by atoms with Crippen LogP contribution < -0.4 is 4.72 Å². The molecule has 0 saturated carbocycles. The minimum Gasteiger partial charge on any atom is -0.481 e. The molecule has 2 rings (SSSR count). The van der Waals surface area contributed by atoms with Crippen molar-refractivity contribution in [1.82, 2.24) is 19.3 Å². The van der Waals surface area contributed by atoms with Crippen molar-refractivity contribution in [3.8, 4) is 0 Å². The Morgan fingerprint density at radius 1 is 1.43 bits per heavy atom. The number of carboxylic acid groups (broad SMARTS) is 1. The molecule has 1 unspecified atom stereocenters. The lowest BCUT2D eigenvalue weighted by Crippen LogP contribution is -2.30. The highest BCUT2D eigenvalue weighted by molar-refractivity contribution is 7.89. The fourth-order valence-corrected chi connectivity index (χ4v) is 3.24. The van der Waals surface area contributed by atoms with E-state index in [1.807, 2.05) is 6.07 Å². The average Bonchev–Trinajstić information content (AvgIpc) is 2.81. The van der Waals surface area contributed by atoms with Crippen molar-refractivity contribution in [2.24, 2.45) is 0 Å². The molecular formula is C12H16N4O4S. The molecule has 2 N–H and O–H groups in total. The lowest BCUT2D eigenvalue weighted by molar-refractivity contribution is -0.137. The number of carboxylic acids is 1. The first kappa shape index (κ1) is 15.4. The van der Waals surface area contributed by atoms with Crippen molar-refractivity contribution in [3.63, 3.8) is 0 Å². The van der Waals surface area contributed by atoms with Crippen molar-refractivity contribution in [2.75, 3.05) is 5.75 Å². The van der Waals surface area contributed by atoms with E-state index in [1.165, 1.54) is 0 Å². The van der Waals surface area contributed by atoms with Crippen LogP contribution in [0.3, 0.4) is 0 Å². The van der Waals surface area contributed by atoms with Gasteiger partial charge in [-0.1, -0.05) is 6.07 Å². The Hall–Kier alpha value is -2.00. The van der Waals surface area contributed by atoms with Crippen LogP contribution >= 0.6 is 0 Å². The van der Waals surface area contributed by atoms with Gasteiger partial charge in [0.15, 0.2) is 11.5 Å². The first-order chi connectivity index (χ1) is 9.89. The molecule has 0 radical (unpaired) electrons. The van der Waals surface area contributed by atoms with Crippen LogP contribution in [0.25, 0.3) is 5.65 Å². The summed E-state index contributed by atoms with van der Waals surface area (Å²) in [5.41, 5.74) is 0.629. The molecule has 1 atom stereocenters. The SMILES string of the molecule is CC(NS(=O)(=O)CCCC(=O)O)c1nnc2ccccn12. The highest BCUT2D eigenvalue weighted by atomic mass is 32.2. The Kier molecular flexibility index (Phi) is 4.53. The summed E-state index contributed by atoms with van der Waals surface area (Å²) in [5.74, 6) is -0.769. The number of hydrogen-bond donors (Lipinski definition) is 2. The fourth-order valence-electron chi connectivity index (χ4n) is 1.95. The normalized spacial score (nSPS) is 13.4. The van der Waals surface area contributed by atoms with E-state index < -0.39 is 22.0 Å². The number of rotatable bonds is 7. The van der Waals surface area contributed by atoms with Gasteiger partial charge >= 0.3 is 5.97 Å². The third kappa shape index (κ3) is 3.99. The van der Waals surface area contributed by atoms with Gasteiger partial charge in [0.05, 0.1) is 11.8 Å². The van der Waals surface area contributed by atoms with Gasteiger partial charge < -0.3 is 5.11 Å². The zero-order valence-corrected chi connectivity index (χ0v) is 12.2. The summed E-state index contributed by atoms with van der Waals surface area (Å²) < 4.78 is 28.0. The van der Waals surface area contributed by atoms with Crippen molar-refractivity contribution in [3.05, 3.63) is 30.2 Å². The quantitative estimate of drug-likeness (QED) is 0.773. The van der Waals surface area contributed by atoms with E-state index in [1.54, 1.807) is 29.7 Å². The number of fused-ring (bicyclic) bond motifs is 1. The van der Waals surface area contributed by atoms with E-state index in [4.69, 9.17) is 5.11 Å². The first-order valence-corrected chi connectivity index (χ1v) is 8.06. The number of pyridine rings is 1. The van der Waals surface area contributed by atoms with Crippen LogP contribution in [0.15, 0.2) is 24.4 Å². The number of nitrogens with one attached hydrogen (secondary N) is 1. The van der Waals surface area contributed by atoms with E-state index in [9.17, 15) is 13.2 Å². The van der Waals surface area contributed by atoms with Crippen LogP contribution in [0.5, 0.6) is 0 Å². The molecule has 0 bridgehead atoms. The van der Waals surface area contributed by atoms with Crippen LogP contribution in [-0.2, 0) is 14.8 Å². The van der Waals surface area contributed by atoms with Gasteiger partial charge in [-0.25, -0.2) is 13.1 Å². The predicted octanol–water partition coefficient (Wildman–Crippen LogP) is 0.574. The van der Waals surface area contributed by atoms with E-state index >= 15 is 0 Å². The van der Waals surface area contributed by atoms with E-state index in [0.29, 0.717) is 11.5 Å². The molecule has 0 aromatic carbocycles. The number of hydrogen-bond acceptors (Lipinski definition) is 5. The smallest absolute Gasteiger partial charge is 0.303 e. The standard InChI is InChI=1S/C12H16N4O4S/c1-9(15-21(19,20)8-4-6-11(17)18)12-14-13-10-5-2-3-7-16(10)12/h2-3,5,7,9,15H,4,6,8H2,1H3,(H,17,18). The molecule has 0 aliphatic rings. The Morgan fingerprint density at radius 2 is 2.19 bits per heavy atom. The van der Waals surface area contributed by atoms with Gasteiger partial charge in [0.2, 0.25) is 10.0 Å². The van der Waals surface area contributed by atoms with Crippen LogP contribution in [0.1, 0.15) is 31.6 Å². The third-order valence-electron chi connectivity index (χ3n) is 2.89. The van der Waals surface area contributed by atoms with Gasteiger partial charge in [0.1, 0.15) is 0 Å². The molecular weight excluding hydrogens is 296 g/mol. The molecule has 9 heteroatoms. The van der Waals surface area contributed by atoms with Gasteiger partial charge in [-0.3, -0.25) is 9.20 Å². The van der Waals surface area contributed by atoms with Crippen LogP contribution in [0, 0.1) is 0 Å². The lowest BCUT2D eigenvalue weighted by Gasteiger charge is -2.12. The number of nitrogens with zero attached hydrogens (tertiary/aromatic N) is 3. The summed E-state index contributed by atoms with van der Waals surface area (Å²) in [6, 6.07) is 4.82. The predicted molar refractivity (Wildman–Crippen MR) is 75.2 cm³/mol. The second kappa shape index (κ2) is 6.19. The zero-order valence-electron chi connectivity index (χ0n) is 11.4. The van der Waals surface area contributed by atoms with E-state index in [-0.39, 0.29) is 18.6 Å². The van der Waals surface area contributed by atoms with Gasteiger partial charge in [-0.05, 0) is 25.5 Å². The van der Waals surface area contributed by atoms with Crippen LogP contribution in [0.4, 0.5) is 0 Å². The van der Waals surface area contributed by atoms with E-state index in [0.717, 1.165) is 0 Å². The van der Waals surface area contributed by atoms with Gasteiger partial charge in [-0.15, -0.1) is 10.2 Å². The van der Waals surface area contributed by atoms with Crippen LogP contribution in [0.2, 0.25) is 0 Å². The maximum atomic E-state index is 11.9. The number of carbonyl (C=O) groups is 1. The molecule has 21 heavy (non-hydrogen) atoms.